The Morgan fingerprint density at radius 1 is 1.24 bits per heavy atom. The monoisotopic (exact) mass is 351 g/mol. The van der Waals surface area contributed by atoms with Gasteiger partial charge in [0.15, 0.2) is 5.78 Å². The van der Waals surface area contributed by atoms with Crippen molar-refractivity contribution < 1.29 is 23.9 Å². The lowest BCUT2D eigenvalue weighted by molar-refractivity contribution is -0.147. The number of Topliss-reactive ketones (excluding diaryl/α,β-unsaturated/α-hetero) is 1. The maximum atomic E-state index is 11.7. The molecule has 0 heterocycles. The van der Waals surface area contributed by atoms with Crippen LogP contribution in [0.15, 0.2) is 12.1 Å². The maximum absolute atomic E-state index is 11.7. The smallest absolute Gasteiger partial charge is 0.308 e. The number of nitrogen functional groups attached to an aromatic ring is 1. The number of carbonyl (C=O) groups is 3. The average Bonchev–Trinajstić information content (AvgIpc) is 2.55. The van der Waals surface area contributed by atoms with Gasteiger partial charge in [-0.25, -0.2) is 0 Å². The molecule has 0 saturated carbocycles. The minimum atomic E-state index is -0.454. The molecule has 25 heavy (non-hydrogen) atoms. The van der Waals surface area contributed by atoms with E-state index in [0.29, 0.717) is 35.9 Å². The van der Waals surface area contributed by atoms with E-state index in [4.69, 9.17) is 15.2 Å². The van der Waals surface area contributed by atoms with Crippen molar-refractivity contribution in [3.8, 4) is 5.75 Å². The Labute approximate surface area is 147 Å². The van der Waals surface area contributed by atoms with Crippen LogP contribution in [0.3, 0.4) is 0 Å². The first-order chi connectivity index (χ1) is 11.8. The molecule has 0 saturated heterocycles. The van der Waals surface area contributed by atoms with Gasteiger partial charge in [-0.3, -0.25) is 14.4 Å². The molecule has 0 bridgehead atoms. The highest BCUT2D eigenvalue weighted by molar-refractivity contribution is 5.94. The third-order valence-electron chi connectivity index (χ3n) is 3.41. The van der Waals surface area contributed by atoms with E-state index < -0.39 is 5.97 Å². The molecule has 0 unspecified atom stereocenters. The number of nitrogens with one attached hydrogen (secondary N) is 1. The molecule has 8 nitrogen and oxygen atoms in total. The zero-order valence-electron chi connectivity index (χ0n) is 15.0. The number of esters is 1. The summed E-state index contributed by atoms with van der Waals surface area (Å²) in [5.74, 6) is -0.366. The van der Waals surface area contributed by atoms with Gasteiger partial charge < -0.3 is 25.4 Å². The van der Waals surface area contributed by atoms with Crippen LogP contribution in [0.25, 0.3) is 0 Å². The lowest BCUT2D eigenvalue weighted by Crippen LogP contribution is -2.27. The number of rotatable bonds is 9. The minimum absolute atomic E-state index is 0.115. The number of nitrogens with zero attached hydrogens (tertiary/aromatic N) is 1. The molecule has 3 N–H and O–H groups in total. The predicted octanol–water partition coefficient (Wildman–Crippen LogP) is 1.58. The Hall–Kier alpha value is -2.77. The van der Waals surface area contributed by atoms with Crippen LogP contribution in [0, 0.1) is 0 Å². The normalized spacial score (nSPS) is 10.1. The van der Waals surface area contributed by atoms with Crippen LogP contribution in [-0.2, 0) is 19.1 Å². The molecule has 8 heteroatoms. The van der Waals surface area contributed by atoms with Crippen molar-refractivity contribution in [2.24, 2.45) is 0 Å². The van der Waals surface area contributed by atoms with Gasteiger partial charge in [0.2, 0.25) is 5.91 Å². The Morgan fingerprint density at radius 2 is 1.92 bits per heavy atom. The van der Waals surface area contributed by atoms with Crippen molar-refractivity contribution in [2.45, 2.75) is 27.2 Å². The summed E-state index contributed by atoms with van der Waals surface area (Å²) in [4.78, 5) is 35.8. The van der Waals surface area contributed by atoms with E-state index in [1.54, 1.807) is 12.1 Å². The first kappa shape index (κ1) is 20.3. The van der Waals surface area contributed by atoms with Crippen LogP contribution in [0.2, 0.25) is 0 Å². The molecule has 0 aliphatic rings. The van der Waals surface area contributed by atoms with Crippen molar-refractivity contribution in [2.75, 3.05) is 42.8 Å². The molecule has 0 radical (unpaired) electrons. The highest BCUT2D eigenvalue weighted by Gasteiger charge is 2.16. The third kappa shape index (κ3) is 6.33. The summed E-state index contributed by atoms with van der Waals surface area (Å²) in [6, 6.07) is 3.33. The van der Waals surface area contributed by atoms with Crippen molar-refractivity contribution >= 4 is 34.7 Å². The highest BCUT2D eigenvalue weighted by atomic mass is 16.5. The number of hydrogen-bond acceptors (Lipinski definition) is 7. The van der Waals surface area contributed by atoms with Gasteiger partial charge in [-0.05, 0) is 19.9 Å². The first-order valence-corrected chi connectivity index (χ1v) is 7.93. The van der Waals surface area contributed by atoms with Gasteiger partial charge in [0.05, 0.1) is 30.6 Å². The number of methoxy groups -OCH3 is 1. The Bertz CT molecular complexity index is 645. The zero-order valence-corrected chi connectivity index (χ0v) is 15.0. The Morgan fingerprint density at radius 3 is 2.44 bits per heavy atom. The quantitative estimate of drug-likeness (QED) is 0.513. The molecular formula is C17H25N3O5. The van der Waals surface area contributed by atoms with E-state index in [9.17, 15) is 14.4 Å². The average molecular weight is 351 g/mol. The summed E-state index contributed by atoms with van der Waals surface area (Å²) in [6.45, 7) is 5.42. The molecule has 0 aliphatic carbocycles. The van der Waals surface area contributed by atoms with E-state index >= 15 is 0 Å². The first-order valence-electron chi connectivity index (χ1n) is 7.93. The van der Waals surface area contributed by atoms with Gasteiger partial charge >= 0.3 is 5.97 Å². The van der Waals surface area contributed by atoms with Crippen LogP contribution in [0.5, 0.6) is 5.75 Å². The summed E-state index contributed by atoms with van der Waals surface area (Å²) in [5.41, 5.74) is 7.48. The molecule has 1 rings (SSSR count). The SMILES string of the molecule is CCN(CCC(=O)OCC(C)=O)c1cc(NC(C)=O)c(N)cc1OC. The molecule has 1 aromatic carbocycles. The van der Waals surface area contributed by atoms with Crippen LogP contribution < -0.4 is 20.7 Å². The molecular weight excluding hydrogens is 326 g/mol. The number of hydrogen-bond donors (Lipinski definition) is 2. The largest absolute Gasteiger partial charge is 0.495 e. The van der Waals surface area contributed by atoms with E-state index in [1.807, 2.05) is 11.8 Å². The predicted molar refractivity (Wildman–Crippen MR) is 95.9 cm³/mol. The number of anilines is 3. The van der Waals surface area contributed by atoms with Gasteiger partial charge in [0.25, 0.3) is 0 Å². The molecule has 0 aliphatic heterocycles. The number of ketones is 1. The third-order valence-corrected chi connectivity index (χ3v) is 3.41. The molecule has 138 valence electrons. The molecule has 0 spiro atoms. The minimum Gasteiger partial charge on any atom is -0.495 e. The fourth-order valence-corrected chi connectivity index (χ4v) is 2.22. The van der Waals surface area contributed by atoms with Crippen molar-refractivity contribution in [3.63, 3.8) is 0 Å². The Balaban J connectivity index is 2.94. The standard InChI is InChI=1S/C17H25N3O5/c1-5-20(7-6-17(23)25-10-11(2)21)15-9-14(19-12(3)22)13(18)8-16(15)24-4/h8-9H,5-7,10,18H2,1-4H3,(H,19,22). The lowest BCUT2D eigenvalue weighted by atomic mass is 10.2. The maximum Gasteiger partial charge on any atom is 0.308 e. The summed E-state index contributed by atoms with van der Waals surface area (Å²) < 4.78 is 10.2. The fourth-order valence-electron chi connectivity index (χ4n) is 2.22. The lowest BCUT2D eigenvalue weighted by Gasteiger charge is -2.26. The highest BCUT2D eigenvalue weighted by Crippen LogP contribution is 2.35. The molecule has 0 fully saturated rings. The van der Waals surface area contributed by atoms with E-state index in [1.165, 1.54) is 21.0 Å². The van der Waals surface area contributed by atoms with Gasteiger partial charge in [-0.2, -0.15) is 0 Å². The van der Waals surface area contributed by atoms with Crippen molar-refractivity contribution in [3.05, 3.63) is 12.1 Å². The molecule has 1 aromatic rings. The number of carbonyl (C=O) groups excluding carboxylic acids is 3. The van der Waals surface area contributed by atoms with Crippen LogP contribution in [0.4, 0.5) is 17.1 Å². The molecule has 0 aromatic heterocycles. The van der Waals surface area contributed by atoms with Gasteiger partial charge in [-0.1, -0.05) is 0 Å². The van der Waals surface area contributed by atoms with E-state index in [-0.39, 0.29) is 24.7 Å². The number of nitrogens with two attached hydrogens (primary N) is 1. The summed E-state index contributed by atoms with van der Waals surface area (Å²) >= 11 is 0. The number of amides is 1. The second kappa shape index (κ2) is 9.51. The van der Waals surface area contributed by atoms with Crippen molar-refractivity contribution in [1.29, 1.82) is 0 Å². The number of ether oxygens (including phenoxy) is 2. The van der Waals surface area contributed by atoms with Gasteiger partial charge in [0.1, 0.15) is 12.4 Å². The number of benzene rings is 1. The summed E-state index contributed by atoms with van der Waals surface area (Å²) in [6.07, 6.45) is 0.115. The molecule has 0 atom stereocenters. The molecule has 1 amide bonds. The Kier molecular flexibility index (Phi) is 7.71. The second-order valence-corrected chi connectivity index (χ2v) is 5.48. The zero-order chi connectivity index (χ0) is 19.0. The van der Waals surface area contributed by atoms with Crippen LogP contribution in [0.1, 0.15) is 27.2 Å². The second-order valence-electron chi connectivity index (χ2n) is 5.48. The van der Waals surface area contributed by atoms with E-state index in [0.717, 1.165) is 0 Å². The van der Waals surface area contributed by atoms with Gasteiger partial charge in [0, 0.05) is 26.1 Å². The summed E-state index contributed by atoms with van der Waals surface area (Å²) in [7, 11) is 1.52. The summed E-state index contributed by atoms with van der Waals surface area (Å²) in [5, 5.41) is 2.67. The fraction of sp³-hybridized carbons (Fsp3) is 0.471. The van der Waals surface area contributed by atoms with Gasteiger partial charge in [-0.15, -0.1) is 0 Å². The van der Waals surface area contributed by atoms with Crippen LogP contribution >= 0.6 is 0 Å². The van der Waals surface area contributed by atoms with E-state index in [2.05, 4.69) is 5.32 Å². The topological polar surface area (TPSA) is 111 Å². The van der Waals surface area contributed by atoms with Crippen LogP contribution in [-0.4, -0.2) is 44.5 Å². The van der Waals surface area contributed by atoms with Crippen molar-refractivity contribution in [1.82, 2.24) is 0 Å².